The Balaban J connectivity index is 1.41. The van der Waals surface area contributed by atoms with Gasteiger partial charge in [-0.05, 0) is 25.0 Å². The average Bonchev–Trinajstić information content (AvgIpc) is 3.73. The molecule has 53 heavy (non-hydrogen) atoms. The largest absolute Gasteiger partial charge is 0.481 e. The standard InChI is InChI=1S/C28H41N7O16P2/c1-46-23-22(17(13-48-53(43,44)45)50-27(23)35-10-7-15-24(35)32-28(30)33-25(15)41)51-52(42,31-8-4-2-3-5-19(37)38)47-12-16-20(39)21(40)26(49-16)34-9-6-14(29)11-18(34)36/h6-7,9-11,16-17,20-23,26-27,39-40H,2-5,8,12-13,29H2,1H3,(H,31,42)(H,37,38)(H2,43,44,45)(H3,30,32,33,41)/t16-,17-,20-,21-,22-,23-,26-,27-,52?/m1/s1. The van der Waals surface area contributed by atoms with Crippen molar-refractivity contribution in [2.24, 2.45) is 0 Å². The summed E-state index contributed by atoms with van der Waals surface area (Å²) in [4.78, 5) is 61.4. The number of nitrogens with zero attached hydrogens (tertiary/aromatic N) is 3. The molecule has 0 aliphatic carbocycles. The number of carboxylic acids is 1. The number of aromatic nitrogens is 4. The molecular weight excluding hydrogens is 752 g/mol. The number of pyridine rings is 1. The first-order chi connectivity index (χ1) is 25.0. The van der Waals surface area contributed by atoms with Crippen LogP contribution in [0.25, 0.3) is 11.0 Å². The van der Waals surface area contributed by atoms with Crippen LogP contribution in [0, 0.1) is 0 Å². The topological polar surface area (TPSA) is 344 Å². The van der Waals surface area contributed by atoms with Crippen molar-refractivity contribution in [3.63, 3.8) is 0 Å². The van der Waals surface area contributed by atoms with Crippen molar-refractivity contribution in [2.75, 3.05) is 38.3 Å². The molecule has 25 heteroatoms. The maximum Gasteiger partial charge on any atom is 0.469 e. The fraction of sp³-hybridized carbons (Fsp3) is 0.571. The summed E-state index contributed by atoms with van der Waals surface area (Å²) in [6.07, 6.45) is -7.81. The number of nitrogens with one attached hydrogen (secondary N) is 2. The van der Waals surface area contributed by atoms with E-state index in [4.69, 9.17) is 44.4 Å². The summed E-state index contributed by atoms with van der Waals surface area (Å²) in [5.74, 6) is -1.21. The van der Waals surface area contributed by atoms with E-state index < -0.39 is 95.0 Å². The van der Waals surface area contributed by atoms with Gasteiger partial charge in [0.2, 0.25) is 5.95 Å². The third-order valence-corrected chi connectivity index (χ3v) is 10.6. The Morgan fingerprint density at radius 1 is 0.981 bits per heavy atom. The number of aromatic amines is 1. The smallest absolute Gasteiger partial charge is 0.469 e. The second-order valence-electron chi connectivity index (χ2n) is 12.2. The van der Waals surface area contributed by atoms with Crippen molar-refractivity contribution in [3.8, 4) is 0 Å². The first-order valence-electron chi connectivity index (χ1n) is 16.1. The maximum atomic E-state index is 14.5. The van der Waals surface area contributed by atoms with Crippen LogP contribution in [-0.4, -0.2) is 114 Å². The molecule has 5 rings (SSSR count). The van der Waals surface area contributed by atoms with Crippen molar-refractivity contribution in [3.05, 3.63) is 51.3 Å². The van der Waals surface area contributed by atoms with Crippen molar-refractivity contribution >= 4 is 44.2 Å². The molecule has 2 saturated heterocycles. The van der Waals surface area contributed by atoms with Gasteiger partial charge in [0, 0.05) is 44.2 Å². The number of hydrogen-bond donors (Lipinski definition) is 9. The fourth-order valence-electron chi connectivity index (χ4n) is 5.93. The molecule has 2 aliphatic rings. The molecule has 0 saturated carbocycles. The van der Waals surface area contributed by atoms with Crippen LogP contribution in [0.1, 0.15) is 38.1 Å². The van der Waals surface area contributed by atoms with E-state index in [1.165, 1.54) is 36.2 Å². The molecule has 23 nitrogen and oxygen atoms in total. The van der Waals surface area contributed by atoms with Crippen LogP contribution in [0.2, 0.25) is 0 Å². The Kier molecular flexibility index (Phi) is 12.9. The minimum absolute atomic E-state index is 0.0493. The lowest BCUT2D eigenvalue weighted by Gasteiger charge is -2.29. The van der Waals surface area contributed by atoms with E-state index >= 15 is 0 Å². The zero-order valence-corrected chi connectivity index (χ0v) is 29.9. The highest BCUT2D eigenvalue weighted by Crippen LogP contribution is 2.51. The predicted molar refractivity (Wildman–Crippen MR) is 181 cm³/mol. The minimum Gasteiger partial charge on any atom is -0.481 e. The minimum atomic E-state index is -5.08. The number of methoxy groups -OCH3 is 1. The number of carboxylic acid groups (broad SMARTS) is 1. The molecule has 0 bridgehead atoms. The molecule has 3 aromatic rings. The number of phosphoric ester groups is 1. The Labute approximate surface area is 299 Å². The molecule has 0 amide bonds. The molecule has 9 atom stereocenters. The monoisotopic (exact) mass is 793 g/mol. The number of nitrogen functional groups attached to an aromatic ring is 2. The van der Waals surface area contributed by atoms with Gasteiger partial charge in [0.15, 0.2) is 18.1 Å². The van der Waals surface area contributed by atoms with Crippen molar-refractivity contribution < 1.29 is 66.8 Å². The molecule has 1 unspecified atom stereocenters. The van der Waals surface area contributed by atoms with Gasteiger partial charge in [0.05, 0.1) is 18.6 Å². The number of unbranched alkanes of at least 4 members (excludes halogenated alkanes) is 2. The molecule has 3 aromatic heterocycles. The molecule has 11 N–H and O–H groups in total. The molecule has 2 fully saturated rings. The fourth-order valence-corrected chi connectivity index (χ4v) is 7.85. The molecule has 5 heterocycles. The van der Waals surface area contributed by atoms with Crippen LogP contribution in [0.4, 0.5) is 11.6 Å². The molecular formula is C28H41N7O16P2. The van der Waals surface area contributed by atoms with Gasteiger partial charge >= 0.3 is 21.5 Å². The number of ether oxygens (including phenoxy) is 3. The summed E-state index contributed by atoms with van der Waals surface area (Å²) in [6, 6.07) is 3.88. The number of carbonyl (C=O) groups is 1. The highest BCUT2D eigenvalue weighted by molar-refractivity contribution is 7.51. The van der Waals surface area contributed by atoms with E-state index in [0.717, 1.165) is 10.6 Å². The predicted octanol–water partition coefficient (Wildman–Crippen LogP) is -0.864. The van der Waals surface area contributed by atoms with Crippen LogP contribution >= 0.6 is 15.6 Å². The first kappa shape index (κ1) is 40.6. The number of hydrogen-bond acceptors (Lipinski definition) is 16. The van der Waals surface area contributed by atoms with E-state index in [1.807, 2.05) is 0 Å². The number of aliphatic carboxylic acids is 1. The van der Waals surface area contributed by atoms with Crippen molar-refractivity contribution in [1.82, 2.24) is 24.2 Å². The van der Waals surface area contributed by atoms with Gasteiger partial charge in [-0.1, -0.05) is 6.42 Å². The van der Waals surface area contributed by atoms with E-state index in [-0.39, 0.29) is 35.6 Å². The second-order valence-corrected chi connectivity index (χ2v) is 15.2. The maximum absolute atomic E-state index is 14.5. The van der Waals surface area contributed by atoms with Crippen LogP contribution in [0.5, 0.6) is 0 Å². The summed E-state index contributed by atoms with van der Waals surface area (Å²) in [7, 11) is -8.43. The number of anilines is 2. The third-order valence-electron chi connectivity index (χ3n) is 8.46. The summed E-state index contributed by atoms with van der Waals surface area (Å²) < 4.78 is 62.5. The van der Waals surface area contributed by atoms with Crippen molar-refractivity contribution in [1.29, 1.82) is 0 Å². The third kappa shape index (κ3) is 9.77. The van der Waals surface area contributed by atoms with E-state index in [9.17, 15) is 43.5 Å². The lowest BCUT2D eigenvalue weighted by Crippen LogP contribution is -2.39. The highest BCUT2D eigenvalue weighted by atomic mass is 31.2. The lowest BCUT2D eigenvalue weighted by molar-refractivity contribution is -0.137. The lowest BCUT2D eigenvalue weighted by atomic mass is 10.1. The van der Waals surface area contributed by atoms with Gasteiger partial charge in [-0.3, -0.25) is 37.5 Å². The number of aliphatic hydroxyl groups is 2. The van der Waals surface area contributed by atoms with Crippen molar-refractivity contribution in [2.45, 2.75) is 74.8 Å². The number of phosphoric acid groups is 1. The van der Waals surface area contributed by atoms with Crippen LogP contribution in [0.3, 0.4) is 0 Å². The Morgan fingerprint density at radius 2 is 1.68 bits per heavy atom. The number of fused-ring (bicyclic) bond motifs is 1. The van der Waals surface area contributed by atoms with Crippen LogP contribution in [-0.2, 0) is 41.7 Å². The summed E-state index contributed by atoms with van der Waals surface area (Å²) in [6.45, 7) is -1.55. The van der Waals surface area contributed by atoms with Gasteiger partial charge in [-0.25, -0.2) is 14.2 Å². The summed E-state index contributed by atoms with van der Waals surface area (Å²) >= 11 is 0. The SMILES string of the molecule is CO[C@@H]1[C@H](OP(=O)(NCCCCCC(=O)O)OC[C@H]2O[C@@H](n3ccc(N)cc3=O)[C@H](O)[C@@H]2O)[C@@H](COP(=O)(O)O)O[C@H]1n1ccc2c(=O)[nH]c(N)nc21. The summed E-state index contributed by atoms with van der Waals surface area (Å²) in [5.41, 5.74) is 10.4. The number of rotatable bonds is 18. The molecule has 0 spiro atoms. The second kappa shape index (κ2) is 16.9. The highest BCUT2D eigenvalue weighted by Gasteiger charge is 2.52. The number of nitrogens with two attached hydrogens (primary N) is 2. The molecule has 0 aromatic carbocycles. The quantitative estimate of drug-likeness (QED) is 0.0558. The molecule has 0 radical (unpaired) electrons. The zero-order chi connectivity index (χ0) is 38.7. The van der Waals surface area contributed by atoms with E-state index in [1.54, 1.807) is 0 Å². The average molecular weight is 794 g/mol. The number of aliphatic hydroxyl groups excluding tert-OH is 2. The van der Waals surface area contributed by atoms with Gasteiger partial charge in [-0.2, -0.15) is 4.98 Å². The van der Waals surface area contributed by atoms with Crippen LogP contribution < -0.4 is 27.7 Å². The molecule has 294 valence electrons. The normalized spacial score (nSPS) is 27.3. The Hall–Kier alpha value is -3.54. The van der Waals surface area contributed by atoms with Gasteiger partial charge < -0.3 is 55.4 Å². The Morgan fingerprint density at radius 3 is 2.36 bits per heavy atom. The van der Waals surface area contributed by atoms with Crippen LogP contribution in [0.15, 0.2) is 40.2 Å². The van der Waals surface area contributed by atoms with E-state index in [2.05, 4.69) is 15.1 Å². The van der Waals surface area contributed by atoms with Gasteiger partial charge in [0.25, 0.3) is 11.1 Å². The van der Waals surface area contributed by atoms with Gasteiger partial charge in [-0.15, -0.1) is 0 Å². The van der Waals surface area contributed by atoms with E-state index in [0.29, 0.717) is 19.3 Å². The van der Waals surface area contributed by atoms with Gasteiger partial charge in [0.1, 0.15) is 36.6 Å². The number of H-pyrrole nitrogens is 1. The zero-order valence-electron chi connectivity index (χ0n) is 28.1. The summed E-state index contributed by atoms with van der Waals surface area (Å²) in [5, 5.41) is 33.2. The molecule has 2 aliphatic heterocycles. The first-order valence-corrected chi connectivity index (χ1v) is 19.2. The Bertz CT molecular complexity index is 1970.